The summed E-state index contributed by atoms with van der Waals surface area (Å²) < 4.78 is 2.31. The van der Waals surface area contributed by atoms with E-state index in [0.29, 0.717) is 11.4 Å². The number of hydrogen-bond acceptors (Lipinski definition) is 3. The lowest BCUT2D eigenvalue weighted by molar-refractivity contribution is -0.385. The van der Waals surface area contributed by atoms with Crippen LogP contribution < -0.4 is 0 Å². The second-order valence-electron chi connectivity index (χ2n) is 5.38. The standard InChI is InChI=1S/C13H13BrClN3O2/c1-13(2,3)11-10(18(19)20)12(15)17(16-11)9-6-4-8(14)5-7-9/h4-7H,1-3H3. The Kier molecular flexibility index (Phi) is 3.88. The summed E-state index contributed by atoms with van der Waals surface area (Å²) in [6, 6.07) is 7.24. The van der Waals surface area contributed by atoms with Crippen molar-refractivity contribution in [2.45, 2.75) is 26.2 Å². The third kappa shape index (κ3) is 2.71. The maximum atomic E-state index is 11.2. The van der Waals surface area contributed by atoms with Crippen LogP contribution in [0, 0.1) is 10.1 Å². The van der Waals surface area contributed by atoms with Crippen molar-refractivity contribution in [3.05, 3.63) is 49.7 Å². The third-order valence-corrected chi connectivity index (χ3v) is 3.64. The predicted octanol–water partition coefficient (Wildman–Crippen LogP) is 4.49. The van der Waals surface area contributed by atoms with Crippen molar-refractivity contribution in [2.24, 2.45) is 0 Å². The van der Waals surface area contributed by atoms with E-state index in [-0.39, 0.29) is 10.8 Å². The Morgan fingerprint density at radius 2 is 1.85 bits per heavy atom. The van der Waals surface area contributed by atoms with Gasteiger partial charge in [-0.25, -0.2) is 4.68 Å². The molecule has 0 saturated carbocycles. The number of hydrogen-bond donors (Lipinski definition) is 0. The fourth-order valence-corrected chi connectivity index (χ4v) is 2.37. The molecule has 0 fully saturated rings. The van der Waals surface area contributed by atoms with E-state index < -0.39 is 10.3 Å². The minimum absolute atomic E-state index is 0.0160. The average molecular weight is 359 g/mol. The summed E-state index contributed by atoms with van der Waals surface area (Å²) in [7, 11) is 0. The van der Waals surface area contributed by atoms with Gasteiger partial charge in [0.15, 0.2) is 0 Å². The second kappa shape index (κ2) is 5.18. The molecular formula is C13H13BrClN3O2. The van der Waals surface area contributed by atoms with Gasteiger partial charge < -0.3 is 0 Å². The minimum Gasteiger partial charge on any atom is -0.258 e. The Morgan fingerprint density at radius 1 is 1.30 bits per heavy atom. The van der Waals surface area contributed by atoms with E-state index in [4.69, 9.17) is 11.6 Å². The van der Waals surface area contributed by atoms with Gasteiger partial charge >= 0.3 is 5.69 Å². The zero-order valence-corrected chi connectivity index (χ0v) is 13.6. The zero-order chi connectivity index (χ0) is 15.1. The molecule has 1 heterocycles. The molecule has 20 heavy (non-hydrogen) atoms. The molecule has 0 aliphatic carbocycles. The van der Waals surface area contributed by atoms with Gasteiger partial charge in [-0.15, -0.1) is 0 Å². The summed E-state index contributed by atoms with van der Waals surface area (Å²) in [5, 5.41) is 15.6. The lowest BCUT2D eigenvalue weighted by atomic mass is 9.91. The molecule has 7 heteroatoms. The Bertz CT molecular complexity index is 659. The Balaban J connectivity index is 2.67. The van der Waals surface area contributed by atoms with E-state index in [1.165, 1.54) is 4.68 Å². The zero-order valence-electron chi connectivity index (χ0n) is 11.2. The predicted molar refractivity (Wildman–Crippen MR) is 81.6 cm³/mol. The summed E-state index contributed by atoms with van der Waals surface area (Å²) in [6.45, 7) is 5.60. The van der Waals surface area contributed by atoms with Crippen molar-refractivity contribution in [3.8, 4) is 5.69 Å². The van der Waals surface area contributed by atoms with E-state index in [9.17, 15) is 10.1 Å². The molecule has 106 valence electrons. The first-order valence-corrected chi connectivity index (χ1v) is 7.08. The van der Waals surface area contributed by atoms with E-state index in [1.807, 2.05) is 32.9 Å². The van der Waals surface area contributed by atoms with Gasteiger partial charge in [-0.1, -0.05) is 48.3 Å². The molecule has 1 aromatic carbocycles. The van der Waals surface area contributed by atoms with E-state index >= 15 is 0 Å². The highest BCUT2D eigenvalue weighted by Crippen LogP contribution is 2.37. The summed E-state index contributed by atoms with van der Waals surface area (Å²) in [5.41, 5.74) is 0.446. The highest BCUT2D eigenvalue weighted by molar-refractivity contribution is 9.10. The molecule has 0 unspecified atom stereocenters. The van der Waals surface area contributed by atoms with Crippen molar-refractivity contribution in [2.75, 3.05) is 0 Å². The van der Waals surface area contributed by atoms with Crippen LogP contribution in [0.3, 0.4) is 0 Å². The molecule has 2 aromatic rings. The molecule has 0 radical (unpaired) electrons. The van der Waals surface area contributed by atoms with Crippen LogP contribution in [-0.4, -0.2) is 14.7 Å². The van der Waals surface area contributed by atoms with Crippen LogP contribution in [0.4, 0.5) is 5.69 Å². The van der Waals surface area contributed by atoms with Gasteiger partial charge in [0.1, 0.15) is 5.69 Å². The van der Waals surface area contributed by atoms with Gasteiger partial charge in [-0.05, 0) is 24.3 Å². The van der Waals surface area contributed by atoms with Gasteiger partial charge in [0.2, 0.25) is 5.15 Å². The monoisotopic (exact) mass is 357 g/mol. The van der Waals surface area contributed by atoms with Crippen LogP contribution >= 0.6 is 27.5 Å². The van der Waals surface area contributed by atoms with Gasteiger partial charge in [-0.2, -0.15) is 5.10 Å². The van der Waals surface area contributed by atoms with Crippen LogP contribution in [0.5, 0.6) is 0 Å². The molecule has 0 aliphatic rings. The summed E-state index contributed by atoms with van der Waals surface area (Å²) in [5.74, 6) is 0. The van der Waals surface area contributed by atoms with Crippen molar-refractivity contribution < 1.29 is 4.92 Å². The number of benzene rings is 1. The Hall–Kier alpha value is -1.40. The van der Waals surface area contributed by atoms with Crippen molar-refractivity contribution in [1.29, 1.82) is 0 Å². The fourth-order valence-electron chi connectivity index (χ4n) is 1.81. The van der Waals surface area contributed by atoms with Crippen LogP contribution in [0.15, 0.2) is 28.7 Å². The average Bonchev–Trinajstić information content (AvgIpc) is 2.68. The lowest BCUT2D eigenvalue weighted by Gasteiger charge is -2.13. The highest BCUT2D eigenvalue weighted by atomic mass is 79.9. The van der Waals surface area contributed by atoms with Gasteiger partial charge in [0.05, 0.1) is 10.6 Å². The van der Waals surface area contributed by atoms with Crippen LogP contribution in [0.1, 0.15) is 26.5 Å². The SMILES string of the molecule is CC(C)(C)c1nn(-c2ccc(Br)cc2)c(Cl)c1[N+](=O)[O-]. The molecule has 0 spiro atoms. The van der Waals surface area contributed by atoms with Crippen molar-refractivity contribution in [3.63, 3.8) is 0 Å². The molecule has 1 aromatic heterocycles. The quantitative estimate of drug-likeness (QED) is 0.587. The number of aromatic nitrogens is 2. The number of halogens is 2. The van der Waals surface area contributed by atoms with Gasteiger partial charge in [0, 0.05) is 9.89 Å². The van der Waals surface area contributed by atoms with Gasteiger partial charge in [0.25, 0.3) is 0 Å². The molecule has 0 aliphatic heterocycles. The van der Waals surface area contributed by atoms with Gasteiger partial charge in [-0.3, -0.25) is 10.1 Å². The van der Waals surface area contributed by atoms with Crippen molar-refractivity contribution >= 4 is 33.2 Å². The van der Waals surface area contributed by atoms with Crippen LogP contribution in [-0.2, 0) is 5.41 Å². The first kappa shape index (κ1) is 15.0. The number of nitro groups is 1. The normalized spacial score (nSPS) is 11.7. The largest absolute Gasteiger partial charge is 0.330 e. The smallest absolute Gasteiger partial charge is 0.258 e. The molecule has 0 bridgehead atoms. The first-order valence-electron chi connectivity index (χ1n) is 5.91. The molecule has 2 rings (SSSR count). The number of rotatable bonds is 2. The molecule has 0 saturated heterocycles. The highest BCUT2D eigenvalue weighted by Gasteiger charge is 2.34. The lowest BCUT2D eigenvalue weighted by Crippen LogP contribution is -2.14. The Labute approximate surface area is 129 Å². The van der Waals surface area contributed by atoms with Crippen LogP contribution in [0.25, 0.3) is 5.69 Å². The third-order valence-electron chi connectivity index (χ3n) is 2.77. The first-order chi connectivity index (χ1) is 9.21. The second-order valence-corrected chi connectivity index (χ2v) is 6.66. The molecule has 0 N–H and O–H groups in total. The van der Waals surface area contributed by atoms with E-state index in [0.717, 1.165) is 4.47 Å². The topological polar surface area (TPSA) is 61.0 Å². The maximum Gasteiger partial charge on any atom is 0.330 e. The summed E-state index contributed by atoms with van der Waals surface area (Å²) >= 11 is 9.49. The maximum absolute atomic E-state index is 11.2. The molecular weight excluding hydrogens is 346 g/mol. The number of nitrogens with zero attached hydrogens (tertiary/aromatic N) is 3. The van der Waals surface area contributed by atoms with Crippen LogP contribution in [0.2, 0.25) is 5.15 Å². The fraction of sp³-hybridized carbons (Fsp3) is 0.308. The van der Waals surface area contributed by atoms with Crippen molar-refractivity contribution in [1.82, 2.24) is 9.78 Å². The molecule has 0 atom stereocenters. The van der Waals surface area contributed by atoms with E-state index in [2.05, 4.69) is 21.0 Å². The summed E-state index contributed by atoms with van der Waals surface area (Å²) in [6.07, 6.45) is 0. The molecule has 5 nitrogen and oxygen atoms in total. The summed E-state index contributed by atoms with van der Waals surface area (Å²) in [4.78, 5) is 10.8. The molecule has 0 amide bonds. The Morgan fingerprint density at radius 3 is 2.25 bits per heavy atom. The van der Waals surface area contributed by atoms with E-state index in [1.54, 1.807) is 12.1 Å². The minimum atomic E-state index is -0.481.